The van der Waals surface area contributed by atoms with Crippen molar-refractivity contribution in [2.75, 3.05) is 31.0 Å². The van der Waals surface area contributed by atoms with Crippen LogP contribution < -0.4 is 4.72 Å². The number of carbonyl (C=O) groups is 1. The monoisotopic (exact) mass is 415 g/mol. The maximum absolute atomic E-state index is 12.6. The number of ether oxygens (including phenoxy) is 1. The molecular weight excluding hydrogens is 398 g/mol. The quantitative estimate of drug-likeness (QED) is 0.809. The van der Waals surface area contributed by atoms with Crippen LogP contribution in [0.5, 0.6) is 0 Å². The van der Waals surface area contributed by atoms with E-state index in [4.69, 9.17) is 16.3 Å². The number of anilines is 1. The molecule has 0 radical (unpaired) electrons. The number of amides is 1. The molecule has 2 aromatic rings. The van der Waals surface area contributed by atoms with Gasteiger partial charge in [0.15, 0.2) is 5.13 Å². The Morgan fingerprint density at radius 2 is 2.12 bits per heavy atom. The second kappa shape index (κ2) is 7.91. The van der Waals surface area contributed by atoms with E-state index in [1.54, 1.807) is 24.0 Å². The molecule has 0 atom stereocenters. The summed E-state index contributed by atoms with van der Waals surface area (Å²) in [6.07, 6.45) is 1.71. The van der Waals surface area contributed by atoms with Gasteiger partial charge in [0.05, 0.1) is 24.5 Å². The van der Waals surface area contributed by atoms with E-state index in [2.05, 4.69) is 9.71 Å². The Kier molecular flexibility index (Phi) is 5.81. The molecule has 10 heteroatoms. The fraction of sp³-hybridized carbons (Fsp3) is 0.375. The number of aromatic nitrogens is 1. The van der Waals surface area contributed by atoms with E-state index < -0.39 is 10.0 Å². The maximum atomic E-state index is 12.6. The fourth-order valence-electron chi connectivity index (χ4n) is 2.56. The molecule has 1 amide bonds. The maximum Gasteiger partial charge on any atom is 0.263 e. The lowest BCUT2D eigenvalue weighted by molar-refractivity contribution is -0.134. The average molecular weight is 416 g/mol. The van der Waals surface area contributed by atoms with Gasteiger partial charge in [-0.2, -0.15) is 0 Å². The van der Waals surface area contributed by atoms with Crippen molar-refractivity contribution in [2.24, 2.45) is 0 Å². The highest BCUT2D eigenvalue weighted by atomic mass is 35.5. The molecule has 0 unspecified atom stereocenters. The van der Waals surface area contributed by atoms with Crippen LogP contribution in [0.3, 0.4) is 0 Å². The van der Waals surface area contributed by atoms with E-state index >= 15 is 0 Å². The highest BCUT2D eigenvalue weighted by Gasteiger charge is 2.21. The molecule has 0 saturated carbocycles. The molecule has 0 spiro atoms. The van der Waals surface area contributed by atoms with Gasteiger partial charge in [0.25, 0.3) is 10.0 Å². The summed E-state index contributed by atoms with van der Waals surface area (Å²) in [5, 5.41) is 0.595. The molecule has 2 heterocycles. The summed E-state index contributed by atoms with van der Waals surface area (Å²) in [5.74, 6) is -0.0166. The predicted octanol–water partition coefficient (Wildman–Crippen LogP) is 2.31. The highest BCUT2D eigenvalue weighted by molar-refractivity contribution is 7.93. The largest absolute Gasteiger partial charge is 0.378 e. The molecule has 0 bridgehead atoms. The van der Waals surface area contributed by atoms with Gasteiger partial charge in [-0.25, -0.2) is 13.4 Å². The summed E-state index contributed by atoms with van der Waals surface area (Å²) in [4.78, 5) is 18.9. The van der Waals surface area contributed by atoms with Crippen molar-refractivity contribution in [2.45, 2.75) is 18.2 Å². The first-order valence-corrected chi connectivity index (χ1v) is 10.6. The second-order valence-corrected chi connectivity index (χ2v) is 8.94. The molecule has 26 heavy (non-hydrogen) atoms. The number of hydrogen-bond acceptors (Lipinski definition) is 6. The Hall–Kier alpha value is -1.68. The number of hydrogen-bond donors (Lipinski definition) is 1. The molecule has 140 valence electrons. The van der Waals surface area contributed by atoms with Gasteiger partial charge >= 0.3 is 0 Å². The van der Waals surface area contributed by atoms with Crippen molar-refractivity contribution in [1.29, 1.82) is 0 Å². The Labute approximate surface area is 161 Å². The Morgan fingerprint density at radius 3 is 2.85 bits per heavy atom. The van der Waals surface area contributed by atoms with Crippen molar-refractivity contribution < 1.29 is 17.9 Å². The number of halogens is 1. The Morgan fingerprint density at radius 1 is 1.38 bits per heavy atom. The summed E-state index contributed by atoms with van der Waals surface area (Å²) >= 11 is 7.15. The van der Waals surface area contributed by atoms with E-state index in [0.29, 0.717) is 41.8 Å². The van der Waals surface area contributed by atoms with Gasteiger partial charge in [-0.05, 0) is 24.6 Å². The molecule has 1 aromatic carbocycles. The Balaban J connectivity index is 1.69. The lowest BCUT2D eigenvalue weighted by Crippen LogP contribution is -2.41. The van der Waals surface area contributed by atoms with Gasteiger partial charge in [0.1, 0.15) is 0 Å². The third-order valence-corrected chi connectivity index (χ3v) is 6.91. The summed E-state index contributed by atoms with van der Waals surface area (Å²) in [5.41, 5.74) is 0.473. The number of thiazole rings is 1. The number of sulfonamides is 1. The predicted molar refractivity (Wildman–Crippen MR) is 100 cm³/mol. The van der Waals surface area contributed by atoms with Crippen LogP contribution in [0.15, 0.2) is 29.3 Å². The van der Waals surface area contributed by atoms with E-state index in [9.17, 15) is 13.2 Å². The van der Waals surface area contributed by atoms with Gasteiger partial charge < -0.3 is 9.64 Å². The van der Waals surface area contributed by atoms with Gasteiger partial charge in [0.2, 0.25) is 5.91 Å². The van der Waals surface area contributed by atoms with Crippen LogP contribution in [0.4, 0.5) is 5.13 Å². The lowest BCUT2D eigenvalue weighted by Gasteiger charge is -2.26. The third-order valence-electron chi connectivity index (χ3n) is 3.97. The van der Waals surface area contributed by atoms with Gasteiger partial charge in [-0.3, -0.25) is 9.52 Å². The van der Waals surface area contributed by atoms with Crippen LogP contribution in [-0.4, -0.2) is 50.5 Å². The van der Waals surface area contributed by atoms with Crippen LogP contribution in [0.1, 0.15) is 10.4 Å². The van der Waals surface area contributed by atoms with Gasteiger partial charge in [-0.15, -0.1) is 11.3 Å². The topological polar surface area (TPSA) is 88.6 Å². The van der Waals surface area contributed by atoms with Crippen LogP contribution in [0.25, 0.3) is 0 Å². The highest BCUT2D eigenvalue weighted by Crippen LogP contribution is 2.27. The minimum absolute atomic E-state index is 0.0166. The molecule has 7 nitrogen and oxygen atoms in total. The summed E-state index contributed by atoms with van der Waals surface area (Å²) in [6, 6.07) is 4.70. The standard InChI is InChI=1S/C16H18ClN3O4S2/c1-11-13(17)3-2-4-14(11)26(22,23)19-16-18-10-12(25-16)9-15(21)20-5-7-24-8-6-20/h2-4,10H,5-9H2,1H3,(H,18,19). The van der Waals surface area contributed by atoms with E-state index in [1.807, 2.05) is 0 Å². The zero-order valence-corrected chi connectivity index (χ0v) is 16.5. The Bertz CT molecular complexity index is 908. The number of nitrogens with zero attached hydrogens (tertiary/aromatic N) is 2. The number of nitrogens with one attached hydrogen (secondary N) is 1. The zero-order chi connectivity index (χ0) is 18.7. The lowest BCUT2D eigenvalue weighted by atomic mass is 10.2. The zero-order valence-electron chi connectivity index (χ0n) is 14.1. The number of rotatable bonds is 5. The van der Waals surface area contributed by atoms with Crippen LogP contribution in [0, 0.1) is 6.92 Å². The normalized spacial score (nSPS) is 15.1. The summed E-state index contributed by atoms with van der Waals surface area (Å²) in [6.45, 7) is 3.87. The molecule has 1 N–H and O–H groups in total. The molecular formula is C16H18ClN3O4S2. The summed E-state index contributed by atoms with van der Waals surface area (Å²) in [7, 11) is -3.80. The van der Waals surface area contributed by atoms with E-state index in [1.165, 1.54) is 12.3 Å². The minimum Gasteiger partial charge on any atom is -0.378 e. The number of carbonyl (C=O) groups excluding carboxylic acids is 1. The SMILES string of the molecule is Cc1c(Cl)cccc1S(=O)(=O)Nc1ncc(CC(=O)N2CCOCC2)s1. The second-order valence-electron chi connectivity index (χ2n) is 5.77. The first-order chi connectivity index (χ1) is 12.4. The van der Waals surface area contributed by atoms with Gasteiger partial charge in [0, 0.05) is 29.2 Å². The minimum atomic E-state index is -3.80. The van der Waals surface area contributed by atoms with Crippen molar-refractivity contribution in [3.63, 3.8) is 0 Å². The number of morpholine rings is 1. The van der Waals surface area contributed by atoms with E-state index in [0.717, 1.165) is 11.3 Å². The van der Waals surface area contributed by atoms with Crippen LogP contribution in [0.2, 0.25) is 5.02 Å². The molecule has 1 saturated heterocycles. The summed E-state index contributed by atoms with van der Waals surface area (Å²) < 4.78 is 32.8. The third kappa shape index (κ3) is 4.35. The molecule has 1 fully saturated rings. The first kappa shape index (κ1) is 19.1. The molecule has 0 aliphatic carbocycles. The van der Waals surface area contributed by atoms with Gasteiger partial charge in [-0.1, -0.05) is 17.7 Å². The fourth-order valence-corrected chi connectivity index (χ4v) is 5.10. The molecule has 1 aromatic heterocycles. The smallest absolute Gasteiger partial charge is 0.263 e. The van der Waals surface area contributed by atoms with E-state index in [-0.39, 0.29) is 22.4 Å². The molecule has 3 rings (SSSR count). The van der Waals surface area contributed by atoms with Crippen molar-refractivity contribution in [3.8, 4) is 0 Å². The first-order valence-electron chi connectivity index (χ1n) is 7.95. The number of benzene rings is 1. The molecule has 1 aliphatic rings. The molecule has 1 aliphatic heterocycles. The van der Waals surface area contributed by atoms with Crippen molar-refractivity contribution in [1.82, 2.24) is 9.88 Å². The van der Waals surface area contributed by atoms with Crippen molar-refractivity contribution in [3.05, 3.63) is 39.9 Å². The average Bonchev–Trinajstić information content (AvgIpc) is 3.04. The van der Waals surface area contributed by atoms with Crippen molar-refractivity contribution >= 4 is 44.0 Å². The van der Waals surface area contributed by atoms with Crippen LogP contribution in [-0.2, 0) is 26.0 Å². The van der Waals surface area contributed by atoms with Crippen LogP contribution >= 0.6 is 22.9 Å².